The van der Waals surface area contributed by atoms with Crippen molar-refractivity contribution in [3.8, 4) is 61.6 Å². The Labute approximate surface area is 340 Å². The van der Waals surface area contributed by atoms with Gasteiger partial charge in [-0.15, -0.1) is 0 Å². The van der Waals surface area contributed by atoms with Crippen molar-refractivity contribution >= 4 is 54.1 Å². The number of fused-ring (bicyclic) bond motifs is 3. The zero-order valence-corrected chi connectivity index (χ0v) is 31.9. The van der Waals surface area contributed by atoms with E-state index < -0.39 is 0 Å². The van der Waals surface area contributed by atoms with Gasteiger partial charge >= 0.3 is 0 Å². The predicted octanol–water partition coefficient (Wildman–Crippen LogP) is 14.2. The van der Waals surface area contributed by atoms with E-state index in [-0.39, 0.29) is 0 Å². The molecule has 0 aliphatic carbocycles. The number of hydrogen-bond acceptors (Lipinski definition) is 3. The number of hydrogen-bond donors (Lipinski definition) is 0. The minimum Gasteiger partial charge on any atom is -0.309 e. The standard InChI is InChI=1S/C55H34N4/c1-2-5-35(6-3-1)36-15-20-45(21-16-36)59-52-24-19-43(31-48(52)49-34-57-30-27-53(49)59)37-9-11-38(12-10-37)44-32-50(39-25-28-56-29-26-39)58-51(33-44)46-22-17-42-14-13-40-7-4-8-41-18-23-47(46)55(42)54(40)41/h1-34H. The van der Waals surface area contributed by atoms with Crippen LogP contribution >= 0.6 is 0 Å². The van der Waals surface area contributed by atoms with Crippen molar-refractivity contribution in [1.82, 2.24) is 19.5 Å². The van der Waals surface area contributed by atoms with E-state index >= 15 is 0 Å². The molecule has 4 nitrogen and oxygen atoms in total. The predicted molar refractivity (Wildman–Crippen MR) is 245 cm³/mol. The first-order chi connectivity index (χ1) is 29.2. The lowest BCUT2D eigenvalue weighted by molar-refractivity contribution is 1.17. The number of benzene rings is 8. The Morgan fingerprint density at radius 2 is 0.949 bits per heavy atom. The highest BCUT2D eigenvalue weighted by atomic mass is 15.0. The summed E-state index contributed by atoms with van der Waals surface area (Å²) in [4.78, 5) is 14.1. The van der Waals surface area contributed by atoms with E-state index in [1.54, 1.807) is 0 Å². The second-order valence-electron chi connectivity index (χ2n) is 15.3. The number of pyridine rings is 3. The van der Waals surface area contributed by atoms with E-state index in [2.05, 4.69) is 184 Å². The van der Waals surface area contributed by atoms with Gasteiger partial charge in [-0.05, 0) is 120 Å². The van der Waals surface area contributed by atoms with Crippen molar-refractivity contribution < 1.29 is 0 Å². The topological polar surface area (TPSA) is 43.6 Å². The Bertz CT molecular complexity index is 3500. The third-order valence-corrected chi connectivity index (χ3v) is 12.0. The van der Waals surface area contributed by atoms with Gasteiger partial charge in [0.1, 0.15) is 0 Å². The average molecular weight is 751 g/mol. The van der Waals surface area contributed by atoms with Crippen LogP contribution in [0.5, 0.6) is 0 Å². The molecule has 0 saturated heterocycles. The first kappa shape index (κ1) is 33.2. The lowest BCUT2D eigenvalue weighted by Crippen LogP contribution is -1.94. The van der Waals surface area contributed by atoms with Crippen LogP contribution in [0.15, 0.2) is 207 Å². The zero-order valence-electron chi connectivity index (χ0n) is 31.9. The molecule has 0 amide bonds. The molecule has 4 heterocycles. The molecule has 0 fully saturated rings. The Morgan fingerprint density at radius 3 is 1.75 bits per heavy atom. The first-order valence-electron chi connectivity index (χ1n) is 20.0. The van der Waals surface area contributed by atoms with Gasteiger partial charge in [0, 0.05) is 52.4 Å². The fraction of sp³-hybridized carbons (Fsp3) is 0. The monoisotopic (exact) mass is 750 g/mol. The van der Waals surface area contributed by atoms with Gasteiger partial charge in [0.2, 0.25) is 0 Å². The Balaban J connectivity index is 0.945. The highest BCUT2D eigenvalue weighted by molar-refractivity contribution is 6.25. The molecule has 274 valence electrons. The summed E-state index contributed by atoms with van der Waals surface area (Å²) in [5, 5.41) is 9.87. The molecular formula is C55H34N4. The Kier molecular flexibility index (Phi) is 7.50. The van der Waals surface area contributed by atoms with Crippen LogP contribution < -0.4 is 0 Å². The fourth-order valence-electron chi connectivity index (χ4n) is 9.08. The molecule has 59 heavy (non-hydrogen) atoms. The average Bonchev–Trinajstić information content (AvgIpc) is 3.65. The van der Waals surface area contributed by atoms with Crippen molar-refractivity contribution in [2.75, 3.05) is 0 Å². The Hall–Kier alpha value is -7.95. The molecule has 0 N–H and O–H groups in total. The van der Waals surface area contributed by atoms with Crippen molar-refractivity contribution in [2.24, 2.45) is 0 Å². The van der Waals surface area contributed by atoms with Crippen LogP contribution in [0.3, 0.4) is 0 Å². The normalized spacial score (nSPS) is 11.7. The van der Waals surface area contributed by atoms with Crippen molar-refractivity contribution in [3.05, 3.63) is 207 Å². The van der Waals surface area contributed by atoms with E-state index in [0.717, 1.165) is 66.9 Å². The molecule has 12 rings (SSSR count). The molecule has 12 aromatic rings. The van der Waals surface area contributed by atoms with Crippen molar-refractivity contribution in [2.45, 2.75) is 0 Å². The molecular weight excluding hydrogens is 717 g/mol. The SMILES string of the molecule is c1ccc(-c2ccc(-n3c4ccncc4c4cc(-c5ccc(-c6cc(-c7ccncc7)nc(-c7ccc8ccc9cccc%10ccc7c8c9%10)c6)cc5)ccc43)cc2)cc1. The van der Waals surface area contributed by atoms with Gasteiger partial charge in [0.25, 0.3) is 0 Å². The molecule has 0 atom stereocenters. The van der Waals surface area contributed by atoms with Crippen LogP contribution in [0, 0.1) is 0 Å². The van der Waals surface area contributed by atoms with Gasteiger partial charge in [0.15, 0.2) is 0 Å². The highest BCUT2D eigenvalue weighted by Crippen LogP contribution is 2.41. The quantitative estimate of drug-likeness (QED) is 0.159. The maximum absolute atomic E-state index is 5.31. The van der Waals surface area contributed by atoms with Crippen LogP contribution in [0.25, 0.3) is 116 Å². The van der Waals surface area contributed by atoms with Gasteiger partial charge in [-0.1, -0.05) is 127 Å². The summed E-state index contributed by atoms with van der Waals surface area (Å²) >= 11 is 0. The second kappa shape index (κ2) is 13.3. The van der Waals surface area contributed by atoms with Crippen molar-refractivity contribution in [1.29, 1.82) is 0 Å². The summed E-state index contributed by atoms with van der Waals surface area (Å²) in [7, 11) is 0. The van der Waals surface area contributed by atoms with E-state index in [1.807, 2.05) is 36.9 Å². The van der Waals surface area contributed by atoms with Crippen LogP contribution in [0.1, 0.15) is 0 Å². The number of aromatic nitrogens is 4. The van der Waals surface area contributed by atoms with Crippen LogP contribution in [-0.4, -0.2) is 19.5 Å². The Morgan fingerprint density at radius 1 is 0.339 bits per heavy atom. The third-order valence-electron chi connectivity index (χ3n) is 12.0. The highest BCUT2D eigenvalue weighted by Gasteiger charge is 2.17. The second-order valence-corrected chi connectivity index (χ2v) is 15.3. The molecule has 0 radical (unpaired) electrons. The van der Waals surface area contributed by atoms with E-state index in [1.165, 1.54) is 48.8 Å². The lowest BCUT2D eigenvalue weighted by Gasteiger charge is -2.15. The maximum atomic E-state index is 5.31. The lowest BCUT2D eigenvalue weighted by atomic mass is 9.90. The van der Waals surface area contributed by atoms with Crippen molar-refractivity contribution in [3.63, 3.8) is 0 Å². The van der Waals surface area contributed by atoms with Gasteiger partial charge < -0.3 is 4.57 Å². The fourth-order valence-corrected chi connectivity index (χ4v) is 9.08. The molecule has 4 heteroatoms. The smallest absolute Gasteiger partial charge is 0.0721 e. The summed E-state index contributed by atoms with van der Waals surface area (Å²) in [6, 6.07) is 65.7. The molecule has 4 aromatic heterocycles. The van der Waals surface area contributed by atoms with E-state index in [4.69, 9.17) is 4.98 Å². The molecule has 0 spiro atoms. The number of rotatable bonds is 6. The molecule has 0 bridgehead atoms. The summed E-state index contributed by atoms with van der Waals surface area (Å²) in [5.74, 6) is 0. The molecule has 8 aromatic carbocycles. The summed E-state index contributed by atoms with van der Waals surface area (Å²) in [5.41, 5.74) is 14.4. The third kappa shape index (κ3) is 5.49. The molecule has 0 aliphatic heterocycles. The zero-order chi connectivity index (χ0) is 38.9. The molecule has 0 aliphatic rings. The summed E-state index contributed by atoms with van der Waals surface area (Å²) in [6.07, 6.45) is 7.53. The van der Waals surface area contributed by atoms with E-state index in [9.17, 15) is 0 Å². The largest absolute Gasteiger partial charge is 0.309 e. The van der Waals surface area contributed by atoms with Crippen LogP contribution in [0.2, 0.25) is 0 Å². The molecule has 0 unspecified atom stereocenters. The molecule has 0 saturated carbocycles. The van der Waals surface area contributed by atoms with Gasteiger partial charge in [0.05, 0.1) is 22.4 Å². The number of nitrogens with zero attached hydrogens (tertiary/aromatic N) is 4. The minimum absolute atomic E-state index is 0.917. The maximum Gasteiger partial charge on any atom is 0.0721 e. The summed E-state index contributed by atoms with van der Waals surface area (Å²) in [6.45, 7) is 0. The van der Waals surface area contributed by atoms with Gasteiger partial charge in [-0.3, -0.25) is 9.97 Å². The summed E-state index contributed by atoms with van der Waals surface area (Å²) < 4.78 is 2.34. The first-order valence-corrected chi connectivity index (χ1v) is 20.0. The van der Waals surface area contributed by atoms with E-state index in [0.29, 0.717) is 0 Å². The van der Waals surface area contributed by atoms with Crippen LogP contribution in [0.4, 0.5) is 0 Å². The minimum atomic E-state index is 0.917. The van der Waals surface area contributed by atoms with Crippen LogP contribution in [-0.2, 0) is 0 Å². The van der Waals surface area contributed by atoms with Gasteiger partial charge in [-0.25, -0.2) is 4.98 Å². The van der Waals surface area contributed by atoms with Gasteiger partial charge in [-0.2, -0.15) is 0 Å².